The van der Waals surface area contributed by atoms with Crippen LogP contribution < -0.4 is 9.64 Å². The maximum absolute atomic E-state index is 6.75. The fourth-order valence-corrected chi connectivity index (χ4v) is 14.7. The molecular weight excluding hydrogens is 839 g/mol. The fraction of sp³-hybridized carbons (Fsp3) is 0.0323. The smallest absolute Gasteiger partial charge is 0.132 e. The van der Waals surface area contributed by atoms with E-state index in [9.17, 15) is 0 Å². The van der Waals surface area contributed by atoms with Crippen molar-refractivity contribution in [2.75, 3.05) is 4.90 Å². The SMILES string of the molecule is c1ccc2c(c1)Oc1ccccc1C21c2ccccc2-c2ccc(N(c3ccc4c(c3)C3(c5ccccc5Sc5ccccc53)c3ccccc3-4)c3cccc4sc5ccccc5c34)cc21. The standard InChI is InChI=1S/C62H37NOS2/c1-4-19-45-40(16-1)42-34-32-38(36-51(42)61(45)47-21-6-10-26-54(47)64-55-27-11-7-22-48(55)61)63(53-25-15-31-59-60(53)44-18-3-12-28-56(44)65-59)39-33-35-43-41-17-2-5-20-46(41)62(52(43)37-39)49-23-8-13-29-57(49)66-58-30-14-9-24-50(58)62/h1-37H. The average molecular weight is 876 g/mol. The predicted molar refractivity (Wildman–Crippen MR) is 273 cm³/mol. The van der Waals surface area contributed by atoms with Crippen LogP contribution in [-0.2, 0) is 10.8 Å². The molecule has 308 valence electrons. The highest BCUT2D eigenvalue weighted by Crippen LogP contribution is 2.65. The minimum atomic E-state index is -0.600. The summed E-state index contributed by atoms with van der Waals surface area (Å²) in [7, 11) is 0. The molecule has 0 radical (unpaired) electrons. The molecule has 11 aromatic rings. The van der Waals surface area contributed by atoms with Crippen molar-refractivity contribution in [3.05, 3.63) is 269 Å². The van der Waals surface area contributed by atoms with Crippen LogP contribution in [0.2, 0.25) is 0 Å². The molecule has 10 aromatic carbocycles. The molecule has 66 heavy (non-hydrogen) atoms. The van der Waals surface area contributed by atoms with Crippen LogP contribution in [0.3, 0.4) is 0 Å². The first-order valence-corrected chi connectivity index (χ1v) is 24.3. The highest BCUT2D eigenvalue weighted by atomic mass is 32.2. The first-order chi connectivity index (χ1) is 32.7. The minimum absolute atomic E-state index is 0.508. The maximum atomic E-state index is 6.75. The van der Waals surface area contributed by atoms with Gasteiger partial charge in [-0.2, -0.15) is 0 Å². The zero-order chi connectivity index (χ0) is 43.1. The fourth-order valence-electron chi connectivity index (χ4n) is 12.3. The summed E-state index contributed by atoms with van der Waals surface area (Å²) in [5.74, 6) is 1.79. The molecule has 2 aliphatic heterocycles. The molecule has 3 heterocycles. The van der Waals surface area contributed by atoms with Crippen LogP contribution in [0, 0.1) is 0 Å². The van der Waals surface area contributed by atoms with Gasteiger partial charge in [0.05, 0.1) is 16.5 Å². The molecule has 0 saturated heterocycles. The number of benzene rings is 10. The van der Waals surface area contributed by atoms with Crippen LogP contribution in [0.15, 0.2) is 234 Å². The van der Waals surface area contributed by atoms with Gasteiger partial charge in [-0.15, -0.1) is 11.3 Å². The molecule has 0 bridgehead atoms. The van der Waals surface area contributed by atoms with Crippen LogP contribution in [-0.4, -0.2) is 0 Å². The van der Waals surface area contributed by atoms with Gasteiger partial charge in [-0.3, -0.25) is 0 Å². The highest BCUT2D eigenvalue weighted by Gasteiger charge is 2.52. The first-order valence-electron chi connectivity index (χ1n) is 22.7. The van der Waals surface area contributed by atoms with Gasteiger partial charge in [0, 0.05) is 52.5 Å². The lowest BCUT2D eigenvalue weighted by Crippen LogP contribution is -2.32. The molecule has 0 unspecified atom stereocenters. The lowest BCUT2D eigenvalue weighted by atomic mass is 9.66. The van der Waals surface area contributed by atoms with E-state index in [1.807, 2.05) is 23.1 Å². The van der Waals surface area contributed by atoms with E-state index < -0.39 is 10.8 Å². The van der Waals surface area contributed by atoms with Gasteiger partial charge in [-0.1, -0.05) is 169 Å². The Morgan fingerprint density at radius 3 is 1.41 bits per heavy atom. The van der Waals surface area contributed by atoms with Crippen molar-refractivity contribution in [1.29, 1.82) is 0 Å². The molecule has 2 nitrogen and oxygen atoms in total. The van der Waals surface area contributed by atoms with Crippen molar-refractivity contribution >= 4 is 60.3 Å². The van der Waals surface area contributed by atoms with E-state index in [-0.39, 0.29) is 0 Å². The quantitative estimate of drug-likeness (QED) is 0.175. The van der Waals surface area contributed by atoms with Crippen molar-refractivity contribution < 1.29 is 4.74 Å². The van der Waals surface area contributed by atoms with Gasteiger partial charge in [0.1, 0.15) is 11.5 Å². The van der Waals surface area contributed by atoms with E-state index in [1.165, 1.54) is 85.6 Å². The second kappa shape index (κ2) is 13.5. The number of para-hydroxylation sites is 2. The third-order valence-corrected chi connectivity index (χ3v) is 17.1. The Hall–Kier alpha value is -7.63. The van der Waals surface area contributed by atoms with E-state index in [4.69, 9.17) is 4.74 Å². The molecule has 4 heteroatoms. The number of nitrogens with zero attached hydrogens (tertiary/aromatic N) is 1. The van der Waals surface area contributed by atoms with Crippen molar-refractivity contribution in [3.8, 4) is 33.8 Å². The normalized spacial score (nSPS) is 14.7. The molecule has 2 spiro atoms. The van der Waals surface area contributed by atoms with Gasteiger partial charge in [-0.25, -0.2) is 0 Å². The summed E-state index contributed by atoms with van der Waals surface area (Å²) in [6, 6.07) is 83.9. The number of rotatable bonds is 3. The van der Waals surface area contributed by atoms with Crippen molar-refractivity contribution in [1.82, 2.24) is 0 Å². The summed E-state index contributed by atoms with van der Waals surface area (Å²) in [5.41, 5.74) is 17.5. The average Bonchev–Trinajstić information content (AvgIpc) is 4.00. The molecule has 0 atom stereocenters. The molecule has 0 amide bonds. The second-order valence-electron chi connectivity index (χ2n) is 17.8. The van der Waals surface area contributed by atoms with Gasteiger partial charge < -0.3 is 9.64 Å². The van der Waals surface area contributed by atoms with Crippen molar-refractivity contribution in [2.24, 2.45) is 0 Å². The Bertz CT molecular complexity index is 3590. The Morgan fingerprint density at radius 2 is 0.803 bits per heavy atom. The van der Waals surface area contributed by atoms with E-state index in [0.29, 0.717) is 0 Å². The topological polar surface area (TPSA) is 12.5 Å². The molecular formula is C62H37NOS2. The van der Waals surface area contributed by atoms with Crippen LogP contribution in [0.5, 0.6) is 11.5 Å². The molecule has 4 aliphatic rings. The number of hydrogen-bond donors (Lipinski definition) is 0. The number of ether oxygens (including phenoxy) is 1. The number of hydrogen-bond acceptors (Lipinski definition) is 4. The second-order valence-corrected chi connectivity index (χ2v) is 20.0. The van der Waals surface area contributed by atoms with Crippen molar-refractivity contribution in [2.45, 2.75) is 20.6 Å². The number of anilines is 3. The maximum Gasteiger partial charge on any atom is 0.132 e. The van der Waals surface area contributed by atoms with E-state index in [2.05, 4.69) is 229 Å². The third kappa shape index (κ3) is 4.62. The molecule has 0 saturated carbocycles. The number of fused-ring (bicyclic) bond motifs is 21. The Balaban J connectivity index is 1.05. The summed E-state index contributed by atoms with van der Waals surface area (Å²) in [6.07, 6.45) is 0. The van der Waals surface area contributed by atoms with Crippen molar-refractivity contribution in [3.63, 3.8) is 0 Å². The molecule has 0 fully saturated rings. The monoisotopic (exact) mass is 875 g/mol. The summed E-state index contributed by atoms with van der Waals surface area (Å²) >= 11 is 3.76. The lowest BCUT2D eigenvalue weighted by molar-refractivity contribution is 0.436. The van der Waals surface area contributed by atoms with Crippen LogP contribution >= 0.6 is 23.1 Å². The van der Waals surface area contributed by atoms with Gasteiger partial charge >= 0.3 is 0 Å². The van der Waals surface area contributed by atoms with Gasteiger partial charge in [0.25, 0.3) is 0 Å². The largest absolute Gasteiger partial charge is 0.457 e. The summed E-state index contributed by atoms with van der Waals surface area (Å²) in [4.78, 5) is 5.16. The Morgan fingerprint density at radius 1 is 0.348 bits per heavy atom. The summed E-state index contributed by atoms with van der Waals surface area (Å²) in [6.45, 7) is 0. The number of thiophene rings is 1. The summed E-state index contributed by atoms with van der Waals surface area (Å²) in [5, 5.41) is 2.54. The highest BCUT2D eigenvalue weighted by molar-refractivity contribution is 7.99. The van der Waals surface area contributed by atoms with Gasteiger partial charge in [0.2, 0.25) is 0 Å². The Kier molecular flexibility index (Phi) is 7.48. The molecule has 2 aliphatic carbocycles. The summed E-state index contributed by atoms with van der Waals surface area (Å²) < 4.78 is 9.31. The first kappa shape index (κ1) is 36.7. The Labute approximate surface area is 391 Å². The van der Waals surface area contributed by atoms with Crippen LogP contribution in [0.1, 0.15) is 44.5 Å². The van der Waals surface area contributed by atoms with Gasteiger partial charge in [-0.05, 0) is 122 Å². The third-order valence-electron chi connectivity index (χ3n) is 14.8. The zero-order valence-corrected chi connectivity index (χ0v) is 37.2. The van der Waals surface area contributed by atoms with E-state index >= 15 is 0 Å². The minimum Gasteiger partial charge on any atom is -0.457 e. The van der Waals surface area contributed by atoms with Crippen LogP contribution in [0.4, 0.5) is 17.1 Å². The molecule has 1 aromatic heterocycles. The van der Waals surface area contributed by atoms with E-state index in [0.717, 1.165) is 39.7 Å². The zero-order valence-electron chi connectivity index (χ0n) is 35.5. The van der Waals surface area contributed by atoms with Gasteiger partial charge in [0.15, 0.2) is 0 Å². The molecule has 15 rings (SSSR count). The molecule has 0 N–H and O–H groups in total. The van der Waals surface area contributed by atoms with Crippen LogP contribution in [0.25, 0.3) is 42.4 Å². The lowest BCUT2D eigenvalue weighted by Gasteiger charge is -2.40. The van der Waals surface area contributed by atoms with E-state index in [1.54, 1.807) is 0 Å². The predicted octanol–water partition coefficient (Wildman–Crippen LogP) is 16.8.